The molecule has 1 aromatic heterocycles. The number of aromatic nitrogens is 3. The average molecular weight is 182 g/mol. The van der Waals surface area contributed by atoms with E-state index in [1.54, 1.807) is 6.33 Å². The van der Waals surface area contributed by atoms with E-state index in [1.807, 2.05) is 11.7 Å². The van der Waals surface area contributed by atoms with Crippen LogP contribution in [0.3, 0.4) is 0 Å². The zero-order chi connectivity index (χ0) is 9.84. The topological polar surface area (TPSA) is 42.7 Å². The maximum Gasteiger partial charge on any atom is 0.138 e. The van der Waals surface area contributed by atoms with Gasteiger partial charge in [-0.2, -0.15) is 5.10 Å². The summed E-state index contributed by atoms with van der Waals surface area (Å²) in [6, 6.07) is 0.836. The summed E-state index contributed by atoms with van der Waals surface area (Å²) < 4.78 is 1.97. The molecule has 1 atom stereocenters. The molecular weight excluding hydrogens is 164 g/mol. The number of hydrogen-bond donors (Lipinski definition) is 1. The van der Waals surface area contributed by atoms with Gasteiger partial charge in [-0.25, -0.2) is 9.67 Å². The Hall–Kier alpha value is -0.900. The maximum atomic E-state index is 4.24. The van der Waals surface area contributed by atoms with Gasteiger partial charge in [0.1, 0.15) is 12.2 Å². The highest BCUT2D eigenvalue weighted by atomic mass is 15.3. The molecule has 0 spiro atoms. The van der Waals surface area contributed by atoms with Gasteiger partial charge >= 0.3 is 0 Å². The van der Waals surface area contributed by atoms with Crippen LogP contribution in [0.15, 0.2) is 6.33 Å². The first-order chi connectivity index (χ1) is 6.15. The minimum absolute atomic E-state index is 0.390. The third-order valence-electron chi connectivity index (χ3n) is 2.12. The normalized spacial score (nSPS) is 13.6. The van der Waals surface area contributed by atoms with E-state index in [4.69, 9.17) is 0 Å². The molecule has 0 aliphatic rings. The van der Waals surface area contributed by atoms with Gasteiger partial charge in [-0.05, 0) is 27.8 Å². The summed E-state index contributed by atoms with van der Waals surface area (Å²) >= 11 is 0. The maximum absolute atomic E-state index is 4.24. The van der Waals surface area contributed by atoms with Crippen LogP contribution in [0.1, 0.15) is 32.6 Å². The minimum atomic E-state index is 0.390. The summed E-state index contributed by atoms with van der Waals surface area (Å²) in [7, 11) is 1.96. The van der Waals surface area contributed by atoms with E-state index >= 15 is 0 Å². The molecule has 0 saturated heterocycles. The van der Waals surface area contributed by atoms with Crippen molar-refractivity contribution < 1.29 is 0 Å². The van der Waals surface area contributed by atoms with Gasteiger partial charge in [0, 0.05) is 18.5 Å². The standard InChI is InChI=1S/C9H18N4/c1-7(2)13-9(11-6-12-13)5-8(3)10-4/h6-8,10H,5H2,1-4H3. The molecule has 0 aromatic carbocycles. The van der Waals surface area contributed by atoms with Crippen LogP contribution in [0.4, 0.5) is 0 Å². The van der Waals surface area contributed by atoms with Gasteiger partial charge in [0.05, 0.1) is 0 Å². The van der Waals surface area contributed by atoms with E-state index in [0.717, 1.165) is 12.2 Å². The van der Waals surface area contributed by atoms with Gasteiger partial charge in [-0.1, -0.05) is 0 Å². The Labute approximate surface area is 79.4 Å². The molecule has 0 fully saturated rings. The van der Waals surface area contributed by atoms with E-state index in [0.29, 0.717) is 12.1 Å². The summed E-state index contributed by atoms with van der Waals surface area (Å²) in [5.74, 6) is 1.05. The first kappa shape index (κ1) is 10.2. The van der Waals surface area contributed by atoms with Crippen LogP contribution in [0, 0.1) is 0 Å². The molecule has 4 heteroatoms. The number of hydrogen-bond acceptors (Lipinski definition) is 3. The highest BCUT2D eigenvalue weighted by Gasteiger charge is 2.09. The minimum Gasteiger partial charge on any atom is -0.317 e. The van der Waals surface area contributed by atoms with Crippen molar-refractivity contribution in [1.82, 2.24) is 20.1 Å². The number of nitrogens with one attached hydrogen (secondary N) is 1. The molecule has 0 aliphatic heterocycles. The van der Waals surface area contributed by atoms with Gasteiger partial charge in [0.15, 0.2) is 0 Å². The molecule has 13 heavy (non-hydrogen) atoms. The molecule has 74 valence electrons. The molecule has 0 radical (unpaired) electrons. The summed E-state index contributed by atoms with van der Waals surface area (Å²) in [4.78, 5) is 4.24. The fourth-order valence-electron chi connectivity index (χ4n) is 1.23. The fraction of sp³-hybridized carbons (Fsp3) is 0.778. The molecule has 1 rings (SSSR count). The predicted octanol–water partition coefficient (Wildman–Crippen LogP) is 1.01. The van der Waals surface area contributed by atoms with Crippen LogP contribution in [0.2, 0.25) is 0 Å². The largest absolute Gasteiger partial charge is 0.317 e. The van der Waals surface area contributed by atoms with Crippen molar-refractivity contribution in [3.63, 3.8) is 0 Å². The van der Waals surface area contributed by atoms with Gasteiger partial charge in [0.2, 0.25) is 0 Å². The Bertz CT molecular complexity index is 254. The smallest absolute Gasteiger partial charge is 0.138 e. The van der Waals surface area contributed by atoms with E-state index in [9.17, 15) is 0 Å². The molecule has 0 saturated carbocycles. The van der Waals surface area contributed by atoms with Crippen molar-refractivity contribution in [2.75, 3.05) is 7.05 Å². The van der Waals surface area contributed by atoms with Crippen LogP contribution in [-0.4, -0.2) is 27.9 Å². The SMILES string of the molecule is CNC(C)Cc1ncnn1C(C)C. The Kier molecular flexibility index (Phi) is 3.42. The highest BCUT2D eigenvalue weighted by molar-refractivity contribution is 4.89. The fourth-order valence-corrected chi connectivity index (χ4v) is 1.23. The molecule has 0 bridgehead atoms. The second-order valence-electron chi connectivity index (χ2n) is 3.61. The van der Waals surface area contributed by atoms with Gasteiger partial charge in [-0.15, -0.1) is 0 Å². The van der Waals surface area contributed by atoms with Gasteiger partial charge in [-0.3, -0.25) is 0 Å². The number of rotatable bonds is 4. The Morgan fingerprint density at radius 1 is 1.46 bits per heavy atom. The van der Waals surface area contributed by atoms with Crippen molar-refractivity contribution in [2.24, 2.45) is 0 Å². The highest BCUT2D eigenvalue weighted by Crippen LogP contribution is 2.06. The van der Waals surface area contributed by atoms with Crippen molar-refractivity contribution in [1.29, 1.82) is 0 Å². The van der Waals surface area contributed by atoms with Gasteiger partial charge < -0.3 is 5.32 Å². The van der Waals surface area contributed by atoms with E-state index < -0.39 is 0 Å². The van der Waals surface area contributed by atoms with Crippen LogP contribution in [-0.2, 0) is 6.42 Å². The first-order valence-electron chi connectivity index (χ1n) is 4.70. The van der Waals surface area contributed by atoms with Crippen molar-refractivity contribution in [2.45, 2.75) is 39.3 Å². The lowest BCUT2D eigenvalue weighted by Gasteiger charge is -2.12. The van der Waals surface area contributed by atoms with Crippen molar-refractivity contribution in [3.05, 3.63) is 12.2 Å². The third kappa shape index (κ3) is 2.52. The average Bonchev–Trinajstić information content (AvgIpc) is 2.52. The van der Waals surface area contributed by atoms with Crippen LogP contribution in [0.5, 0.6) is 0 Å². The van der Waals surface area contributed by atoms with Crippen molar-refractivity contribution >= 4 is 0 Å². The quantitative estimate of drug-likeness (QED) is 0.755. The monoisotopic (exact) mass is 182 g/mol. The molecular formula is C9H18N4. The molecule has 1 N–H and O–H groups in total. The molecule has 1 unspecified atom stereocenters. The van der Waals surface area contributed by atoms with Crippen molar-refractivity contribution in [3.8, 4) is 0 Å². The molecule has 1 heterocycles. The lowest BCUT2D eigenvalue weighted by atomic mass is 10.2. The van der Waals surface area contributed by atoms with E-state index in [-0.39, 0.29) is 0 Å². The zero-order valence-electron chi connectivity index (χ0n) is 8.78. The lowest BCUT2D eigenvalue weighted by molar-refractivity contribution is 0.482. The third-order valence-corrected chi connectivity index (χ3v) is 2.12. The Balaban J connectivity index is 2.70. The van der Waals surface area contributed by atoms with Crippen LogP contribution in [0.25, 0.3) is 0 Å². The molecule has 4 nitrogen and oxygen atoms in total. The second-order valence-corrected chi connectivity index (χ2v) is 3.61. The second kappa shape index (κ2) is 4.37. The first-order valence-corrected chi connectivity index (χ1v) is 4.70. The Morgan fingerprint density at radius 3 is 2.69 bits per heavy atom. The lowest BCUT2D eigenvalue weighted by Crippen LogP contribution is -2.25. The van der Waals surface area contributed by atoms with Crippen LogP contribution < -0.4 is 5.32 Å². The number of likely N-dealkylation sites (N-methyl/N-ethyl adjacent to an activating group) is 1. The summed E-state index contributed by atoms with van der Waals surface area (Å²) in [6.07, 6.45) is 2.55. The Morgan fingerprint density at radius 2 is 2.15 bits per heavy atom. The predicted molar refractivity (Wildman–Crippen MR) is 52.6 cm³/mol. The number of nitrogens with zero attached hydrogens (tertiary/aromatic N) is 3. The molecule has 0 aliphatic carbocycles. The molecule has 0 amide bonds. The van der Waals surface area contributed by atoms with Gasteiger partial charge in [0.25, 0.3) is 0 Å². The molecule has 1 aromatic rings. The summed E-state index contributed by atoms with van der Waals surface area (Å²) in [6.45, 7) is 6.36. The summed E-state index contributed by atoms with van der Waals surface area (Å²) in [5.41, 5.74) is 0. The van der Waals surface area contributed by atoms with E-state index in [2.05, 4.69) is 36.2 Å². The summed E-state index contributed by atoms with van der Waals surface area (Å²) in [5, 5.41) is 7.37. The zero-order valence-corrected chi connectivity index (χ0v) is 8.78. The van der Waals surface area contributed by atoms with E-state index in [1.165, 1.54) is 0 Å². The van der Waals surface area contributed by atoms with Crippen LogP contribution >= 0.6 is 0 Å².